The molecule has 1 saturated heterocycles. The zero-order valence-corrected chi connectivity index (χ0v) is 18.0. The van der Waals surface area contributed by atoms with Crippen LogP contribution in [0.3, 0.4) is 0 Å². The summed E-state index contributed by atoms with van der Waals surface area (Å²) in [6.45, 7) is 0. The molecule has 0 radical (unpaired) electrons. The number of nitrogens with zero attached hydrogens (tertiary/aromatic N) is 4. The molecule has 4 heterocycles. The Kier molecular flexibility index (Phi) is 6.06. The molecule has 0 bridgehead atoms. The van der Waals surface area contributed by atoms with Crippen molar-refractivity contribution in [2.75, 3.05) is 5.73 Å². The molecule has 0 aromatic carbocycles. The molecule has 3 aromatic rings. The number of hydrogen-bond acceptors (Lipinski definition) is 12. The first-order valence-electron chi connectivity index (χ1n) is 9.15. The average Bonchev–Trinajstić information content (AvgIpc) is 3.39. The van der Waals surface area contributed by atoms with Gasteiger partial charge in [-0.05, 0) is 5.38 Å². The molecule has 4 rings (SSSR count). The highest BCUT2D eigenvalue weighted by Crippen LogP contribution is 2.43. The highest BCUT2D eigenvalue weighted by Gasteiger charge is 2.50. The molecular weight excluding hydrogens is 487 g/mol. The van der Waals surface area contributed by atoms with Crippen molar-refractivity contribution in [3.63, 3.8) is 0 Å². The third kappa shape index (κ3) is 4.53. The molecule has 0 amide bonds. The van der Waals surface area contributed by atoms with Crippen LogP contribution in [0, 0.1) is 10.1 Å². The van der Waals surface area contributed by atoms with Gasteiger partial charge in [0.15, 0.2) is 17.4 Å². The molecule has 0 spiro atoms. The van der Waals surface area contributed by atoms with Gasteiger partial charge in [-0.1, -0.05) is 0 Å². The van der Waals surface area contributed by atoms with Crippen LogP contribution in [0.2, 0.25) is 0 Å². The number of nitrogens with two attached hydrogens (primary N) is 1. The van der Waals surface area contributed by atoms with Gasteiger partial charge in [0, 0.05) is 12.5 Å². The molecule has 0 saturated carbocycles. The number of thiophene rings is 1. The number of nitrogens with one attached hydrogen (secondary N) is 1. The van der Waals surface area contributed by atoms with Gasteiger partial charge in [-0.15, -0.1) is 11.3 Å². The first-order chi connectivity index (χ1) is 15.5. The number of nitrogen functional groups attached to an aromatic ring is 1. The largest absolute Gasteiger partial charge is 0.469 e. The second kappa shape index (κ2) is 8.54. The van der Waals surface area contributed by atoms with E-state index in [-0.39, 0.29) is 27.7 Å². The van der Waals surface area contributed by atoms with Crippen LogP contribution in [0.5, 0.6) is 0 Å². The number of fused-ring (bicyclic) bond motifs is 1. The number of nitro groups is 1. The van der Waals surface area contributed by atoms with E-state index < -0.39 is 55.4 Å². The lowest BCUT2D eigenvalue weighted by atomic mass is 10.0. The van der Waals surface area contributed by atoms with E-state index in [2.05, 4.69) is 15.0 Å². The van der Waals surface area contributed by atoms with Crippen molar-refractivity contribution >= 4 is 42.0 Å². The minimum Gasteiger partial charge on any atom is -0.387 e. The van der Waals surface area contributed by atoms with E-state index in [4.69, 9.17) is 15.0 Å². The summed E-state index contributed by atoms with van der Waals surface area (Å²) < 4.78 is 23.1. The lowest BCUT2D eigenvalue weighted by Crippen LogP contribution is -2.40. The van der Waals surface area contributed by atoms with E-state index >= 15 is 0 Å². The Labute approximate surface area is 186 Å². The van der Waals surface area contributed by atoms with Crippen molar-refractivity contribution in [2.45, 2.75) is 37.1 Å². The van der Waals surface area contributed by atoms with Gasteiger partial charge < -0.3 is 30.5 Å². The maximum Gasteiger partial charge on any atom is 0.469 e. The SMILES string of the molecule is Nc1nc2c(ncn2[C@@H]2O[C@H](C(Cc3sccc3[N+](=O)[O-])OP(=O)(O)O)[C@@H](O)[C@H]2O)c(=O)[nH]1. The average molecular weight is 504 g/mol. The van der Waals surface area contributed by atoms with Crippen molar-refractivity contribution < 1.29 is 38.7 Å². The summed E-state index contributed by atoms with van der Waals surface area (Å²) in [5, 5.41) is 33.8. The first-order valence-corrected chi connectivity index (χ1v) is 11.6. The number of aromatic nitrogens is 4. The number of anilines is 1. The minimum absolute atomic E-state index is 0.0745. The summed E-state index contributed by atoms with van der Waals surface area (Å²) in [7, 11) is -5.14. The van der Waals surface area contributed by atoms with E-state index in [1.54, 1.807) is 0 Å². The molecule has 7 N–H and O–H groups in total. The summed E-state index contributed by atoms with van der Waals surface area (Å²) >= 11 is 0.945. The number of rotatable bonds is 7. The Bertz CT molecular complexity index is 1300. The van der Waals surface area contributed by atoms with E-state index in [0.29, 0.717) is 0 Å². The Morgan fingerprint density at radius 3 is 2.82 bits per heavy atom. The van der Waals surface area contributed by atoms with Crippen LogP contribution in [0.25, 0.3) is 11.2 Å². The fourth-order valence-electron chi connectivity index (χ4n) is 3.57. The Morgan fingerprint density at radius 2 is 2.15 bits per heavy atom. The summed E-state index contributed by atoms with van der Waals surface area (Å²) in [5.41, 5.74) is 4.39. The maximum atomic E-state index is 12.0. The molecule has 33 heavy (non-hydrogen) atoms. The van der Waals surface area contributed by atoms with Crippen LogP contribution in [-0.2, 0) is 20.2 Å². The first kappa shape index (κ1) is 23.4. The van der Waals surface area contributed by atoms with Crippen molar-refractivity contribution in [1.82, 2.24) is 19.5 Å². The highest BCUT2D eigenvalue weighted by atomic mass is 32.1. The number of imidazole rings is 1. The van der Waals surface area contributed by atoms with Crippen LogP contribution >= 0.6 is 19.2 Å². The zero-order chi connectivity index (χ0) is 24.1. The second-order valence-corrected chi connectivity index (χ2v) is 9.26. The normalized spacial score (nSPS) is 24.4. The fourth-order valence-corrected chi connectivity index (χ4v) is 5.01. The number of hydrogen-bond donors (Lipinski definition) is 6. The highest BCUT2D eigenvalue weighted by molar-refractivity contribution is 7.46. The van der Waals surface area contributed by atoms with Gasteiger partial charge in [-0.2, -0.15) is 4.98 Å². The number of aliphatic hydroxyl groups excluding tert-OH is 2. The van der Waals surface area contributed by atoms with Gasteiger partial charge in [0.05, 0.1) is 16.1 Å². The second-order valence-electron chi connectivity index (χ2n) is 7.07. The molecule has 3 aromatic heterocycles. The standard InChI is InChI=1S/C15H17N6O10PS/c16-15-18-12-8(13(24)19-15)17-4-20(12)14-10(23)9(22)11(30-14)6(31-32(27,28)29)3-7-5(21(25)26)1-2-33-7/h1-2,4,6,9-11,14,22-23H,3H2,(H2,27,28,29)(H3,16,18,19,24)/t6?,9-,10+,11+,14+/m0/s1. The maximum absolute atomic E-state index is 12.0. The van der Waals surface area contributed by atoms with E-state index in [0.717, 1.165) is 22.2 Å². The predicted octanol–water partition coefficient (Wildman–Crippen LogP) is -0.989. The third-order valence-corrected chi connectivity index (χ3v) is 6.42. The molecule has 16 nitrogen and oxygen atoms in total. The molecule has 0 aliphatic carbocycles. The Hall–Kier alpha value is -2.76. The minimum atomic E-state index is -5.14. The zero-order valence-electron chi connectivity index (χ0n) is 16.3. The summed E-state index contributed by atoms with van der Waals surface area (Å²) in [5.74, 6) is -0.244. The number of phosphoric acid groups is 1. The molecule has 1 unspecified atom stereocenters. The van der Waals surface area contributed by atoms with Gasteiger partial charge >= 0.3 is 7.82 Å². The molecule has 18 heteroatoms. The number of H-pyrrole nitrogens is 1. The van der Waals surface area contributed by atoms with Gasteiger partial charge in [0.1, 0.15) is 24.4 Å². The van der Waals surface area contributed by atoms with Gasteiger partial charge in [0.25, 0.3) is 11.2 Å². The Morgan fingerprint density at radius 1 is 1.42 bits per heavy atom. The molecular formula is C15H17N6O10PS. The molecule has 5 atom stereocenters. The summed E-state index contributed by atoms with van der Waals surface area (Å²) in [6, 6.07) is 1.21. The van der Waals surface area contributed by atoms with Crippen LogP contribution in [0.1, 0.15) is 11.1 Å². The number of aromatic amines is 1. The van der Waals surface area contributed by atoms with Gasteiger partial charge in [-0.3, -0.25) is 29.0 Å². The van der Waals surface area contributed by atoms with Crippen LogP contribution in [0.15, 0.2) is 22.6 Å². The van der Waals surface area contributed by atoms with Crippen LogP contribution in [0.4, 0.5) is 11.6 Å². The topological polar surface area (TPSA) is 249 Å². The van der Waals surface area contributed by atoms with Crippen molar-refractivity contribution in [1.29, 1.82) is 0 Å². The van der Waals surface area contributed by atoms with Crippen LogP contribution in [-0.4, -0.2) is 68.9 Å². The van der Waals surface area contributed by atoms with Crippen molar-refractivity contribution in [2.24, 2.45) is 0 Å². The fraction of sp³-hybridized carbons (Fsp3) is 0.400. The van der Waals surface area contributed by atoms with Crippen LogP contribution < -0.4 is 11.3 Å². The monoisotopic (exact) mass is 504 g/mol. The third-order valence-electron chi connectivity index (χ3n) is 4.94. The Balaban J connectivity index is 1.69. The number of aliphatic hydroxyl groups is 2. The summed E-state index contributed by atoms with van der Waals surface area (Å²) in [6.07, 6.45) is -7.22. The van der Waals surface area contributed by atoms with Crippen molar-refractivity contribution in [3.05, 3.63) is 43.1 Å². The van der Waals surface area contributed by atoms with Gasteiger partial charge in [-0.25, -0.2) is 9.55 Å². The van der Waals surface area contributed by atoms with E-state index in [1.165, 1.54) is 11.4 Å². The molecule has 1 fully saturated rings. The van der Waals surface area contributed by atoms with E-state index in [9.17, 15) is 39.5 Å². The summed E-state index contributed by atoms with van der Waals surface area (Å²) in [4.78, 5) is 51.4. The predicted molar refractivity (Wildman–Crippen MR) is 110 cm³/mol. The smallest absolute Gasteiger partial charge is 0.387 e. The molecule has 1 aliphatic heterocycles. The quantitative estimate of drug-likeness (QED) is 0.129. The van der Waals surface area contributed by atoms with Gasteiger partial charge in [0.2, 0.25) is 5.95 Å². The van der Waals surface area contributed by atoms with E-state index in [1.807, 2.05) is 0 Å². The number of phosphoric ester groups is 1. The molecule has 1 aliphatic rings. The lowest BCUT2D eigenvalue weighted by Gasteiger charge is -2.25. The molecule has 178 valence electrons. The number of ether oxygens (including phenoxy) is 1. The van der Waals surface area contributed by atoms with Crippen molar-refractivity contribution in [3.8, 4) is 0 Å². The lowest BCUT2D eigenvalue weighted by molar-refractivity contribution is -0.385.